The molecular formula is C13H21N3O4S. The topological polar surface area (TPSA) is 101 Å². The summed E-state index contributed by atoms with van der Waals surface area (Å²) in [6.45, 7) is 7.67. The predicted molar refractivity (Wildman–Crippen MR) is 82.0 cm³/mol. The third kappa shape index (κ3) is 4.40. The molecule has 0 saturated carbocycles. The predicted octanol–water partition coefficient (Wildman–Crippen LogP) is 2.49. The maximum Gasteiger partial charge on any atom is 0.292 e. The van der Waals surface area contributed by atoms with E-state index in [0.29, 0.717) is 13.0 Å². The molecule has 2 N–H and O–H groups in total. The van der Waals surface area contributed by atoms with Crippen LogP contribution in [0.5, 0.6) is 0 Å². The van der Waals surface area contributed by atoms with Crippen molar-refractivity contribution >= 4 is 21.4 Å². The monoisotopic (exact) mass is 315 g/mol. The first-order chi connectivity index (χ1) is 9.63. The summed E-state index contributed by atoms with van der Waals surface area (Å²) in [6, 6.07) is 3.73. The van der Waals surface area contributed by atoms with Crippen molar-refractivity contribution in [2.75, 3.05) is 11.9 Å². The van der Waals surface area contributed by atoms with E-state index < -0.39 is 20.5 Å². The largest absolute Gasteiger partial charge is 0.380 e. The minimum Gasteiger partial charge on any atom is -0.380 e. The highest BCUT2D eigenvalue weighted by molar-refractivity contribution is 7.89. The number of rotatable bonds is 7. The van der Waals surface area contributed by atoms with Gasteiger partial charge in [0, 0.05) is 18.2 Å². The number of sulfonamides is 1. The Kier molecular flexibility index (Phi) is 5.30. The second-order valence-electron chi connectivity index (χ2n) is 5.31. The van der Waals surface area contributed by atoms with Gasteiger partial charge in [-0.25, -0.2) is 13.1 Å². The third-order valence-electron chi connectivity index (χ3n) is 3.14. The van der Waals surface area contributed by atoms with E-state index in [9.17, 15) is 18.5 Å². The van der Waals surface area contributed by atoms with Crippen molar-refractivity contribution in [1.29, 1.82) is 0 Å². The molecule has 0 radical (unpaired) electrons. The first kappa shape index (κ1) is 17.4. The van der Waals surface area contributed by atoms with Crippen LogP contribution in [0.3, 0.4) is 0 Å². The molecular weight excluding hydrogens is 294 g/mol. The van der Waals surface area contributed by atoms with E-state index in [-0.39, 0.29) is 16.3 Å². The van der Waals surface area contributed by atoms with Crippen molar-refractivity contribution in [3.63, 3.8) is 0 Å². The molecule has 0 atom stereocenters. The van der Waals surface area contributed by atoms with Crippen molar-refractivity contribution < 1.29 is 13.3 Å². The van der Waals surface area contributed by atoms with Gasteiger partial charge in [-0.1, -0.05) is 6.92 Å². The first-order valence-electron chi connectivity index (χ1n) is 6.69. The van der Waals surface area contributed by atoms with E-state index in [0.717, 1.165) is 0 Å². The Bertz CT molecular complexity index is 626. The number of nitrogens with one attached hydrogen (secondary N) is 2. The summed E-state index contributed by atoms with van der Waals surface area (Å²) < 4.78 is 27.3. The van der Waals surface area contributed by atoms with Crippen LogP contribution in [0.1, 0.15) is 34.1 Å². The molecule has 8 heteroatoms. The van der Waals surface area contributed by atoms with Crippen LogP contribution in [0.4, 0.5) is 11.4 Å². The van der Waals surface area contributed by atoms with E-state index in [2.05, 4.69) is 10.0 Å². The van der Waals surface area contributed by atoms with Crippen LogP contribution >= 0.6 is 0 Å². The third-order valence-corrected chi connectivity index (χ3v) is 4.83. The van der Waals surface area contributed by atoms with Crippen LogP contribution in [0.25, 0.3) is 0 Å². The molecule has 0 saturated heterocycles. The van der Waals surface area contributed by atoms with Gasteiger partial charge in [0.15, 0.2) is 0 Å². The average Bonchev–Trinajstić information content (AvgIpc) is 2.37. The van der Waals surface area contributed by atoms with Gasteiger partial charge in [0.05, 0.1) is 9.82 Å². The molecule has 0 heterocycles. The van der Waals surface area contributed by atoms with Crippen LogP contribution in [0.15, 0.2) is 23.1 Å². The molecule has 0 unspecified atom stereocenters. The van der Waals surface area contributed by atoms with E-state index >= 15 is 0 Å². The minimum atomic E-state index is -3.73. The highest BCUT2D eigenvalue weighted by Gasteiger charge is 2.26. The second kappa shape index (κ2) is 6.40. The quantitative estimate of drug-likeness (QED) is 0.594. The van der Waals surface area contributed by atoms with Crippen LogP contribution in [0.2, 0.25) is 0 Å². The Morgan fingerprint density at radius 3 is 2.38 bits per heavy atom. The lowest BCUT2D eigenvalue weighted by Gasteiger charge is -2.24. The van der Waals surface area contributed by atoms with Gasteiger partial charge < -0.3 is 5.32 Å². The zero-order chi connectivity index (χ0) is 16.3. The highest BCUT2D eigenvalue weighted by atomic mass is 32.2. The number of nitro benzene ring substituents is 1. The Hall–Kier alpha value is -1.67. The molecule has 0 bridgehead atoms. The molecule has 118 valence electrons. The van der Waals surface area contributed by atoms with Gasteiger partial charge in [-0.2, -0.15) is 0 Å². The molecule has 1 aromatic carbocycles. The molecule has 0 aliphatic heterocycles. The van der Waals surface area contributed by atoms with Gasteiger partial charge in [-0.15, -0.1) is 0 Å². The number of hydrogen-bond acceptors (Lipinski definition) is 5. The summed E-state index contributed by atoms with van der Waals surface area (Å²) in [5, 5.41) is 13.7. The summed E-state index contributed by atoms with van der Waals surface area (Å²) in [5.41, 5.74) is -0.538. The summed E-state index contributed by atoms with van der Waals surface area (Å²) in [4.78, 5) is 10.4. The molecule has 21 heavy (non-hydrogen) atoms. The summed E-state index contributed by atoms with van der Waals surface area (Å²) in [7, 11) is -3.73. The highest BCUT2D eigenvalue weighted by Crippen LogP contribution is 2.28. The smallest absolute Gasteiger partial charge is 0.292 e. The lowest BCUT2D eigenvalue weighted by molar-refractivity contribution is -0.384. The van der Waals surface area contributed by atoms with Gasteiger partial charge >= 0.3 is 0 Å². The molecule has 1 aromatic rings. The van der Waals surface area contributed by atoms with Gasteiger partial charge in [0.25, 0.3) is 5.69 Å². The fourth-order valence-corrected chi connectivity index (χ4v) is 3.18. The minimum absolute atomic E-state index is 0.00516. The second-order valence-corrected chi connectivity index (χ2v) is 6.99. The molecule has 0 aliphatic carbocycles. The van der Waals surface area contributed by atoms with Crippen LogP contribution in [0, 0.1) is 10.1 Å². The van der Waals surface area contributed by atoms with Crippen LogP contribution < -0.4 is 10.0 Å². The number of benzene rings is 1. The molecule has 0 aliphatic rings. The van der Waals surface area contributed by atoms with Gasteiger partial charge in [0.1, 0.15) is 5.69 Å². The van der Waals surface area contributed by atoms with E-state index in [1.54, 1.807) is 20.8 Å². The normalized spacial score (nSPS) is 12.2. The first-order valence-corrected chi connectivity index (χ1v) is 8.17. The van der Waals surface area contributed by atoms with Crippen LogP contribution in [-0.4, -0.2) is 25.4 Å². The van der Waals surface area contributed by atoms with Gasteiger partial charge in [0.2, 0.25) is 10.0 Å². The molecule has 0 spiro atoms. The Labute approximate surface area is 124 Å². The molecule has 0 amide bonds. The van der Waals surface area contributed by atoms with Gasteiger partial charge in [-0.3, -0.25) is 10.1 Å². The SMILES string of the molecule is CCNc1cc(S(=O)(=O)NC(C)(C)CC)ccc1[N+](=O)[O-]. The number of nitro groups is 1. The van der Waals surface area contributed by atoms with Crippen molar-refractivity contribution in [3.05, 3.63) is 28.3 Å². The van der Waals surface area contributed by atoms with E-state index in [1.165, 1.54) is 18.2 Å². The molecule has 0 aromatic heterocycles. The summed E-state index contributed by atoms with van der Waals surface area (Å²) >= 11 is 0. The molecule has 7 nitrogen and oxygen atoms in total. The number of nitrogens with zero attached hydrogens (tertiary/aromatic N) is 1. The zero-order valence-electron chi connectivity index (χ0n) is 12.6. The Morgan fingerprint density at radius 2 is 1.90 bits per heavy atom. The summed E-state index contributed by atoms with van der Waals surface area (Å²) in [6.07, 6.45) is 0.624. The Balaban J connectivity index is 3.25. The maximum atomic E-state index is 12.3. The lowest BCUT2D eigenvalue weighted by atomic mass is 10.0. The van der Waals surface area contributed by atoms with Gasteiger partial charge in [-0.05, 0) is 39.3 Å². The van der Waals surface area contributed by atoms with Crippen molar-refractivity contribution in [3.8, 4) is 0 Å². The fraction of sp³-hybridized carbons (Fsp3) is 0.538. The molecule has 1 rings (SSSR count). The lowest BCUT2D eigenvalue weighted by Crippen LogP contribution is -2.42. The fourth-order valence-electron chi connectivity index (χ4n) is 1.67. The summed E-state index contributed by atoms with van der Waals surface area (Å²) in [5.74, 6) is 0. The van der Waals surface area contributed by atoms with Crippen molar-refractivity contribution in [2.24, 2.45) is 0 Å². The van der Waals surface area contributed by atoms with E-state index in [1.807, 2.05) is 6.92 Å². The van der Waals surface area contributed by atoms with Crippen LogP contribution in [-0.2, 0) is 10.0 Å². The van der Waals surface area contributed by atoms with Crippen molar-refractivity contribution in [1.82, 2.24) is 4.72 Å². The maximum absolute atomic E-state index is 12.3. The standard InChI is InChI=1S/C13H21N3O4S/c1-5-13(3,4)15-21(19,20)10-7-8-12(16(17)18)11(9-10)14-6-2/h7-9,14-15H,5-6H2,1-4H3. The van der Waals surface area contributed by atoms with Crippen molar-refractivity contribution in [2.45, 2.75) is 44.6 Å². The number of anilines is 1. The number of hydrogen-bond donors (Lipinski definition) is 2. The Morgan fingerprint density at radius 1 is 1.29 bits per heavy atom. The zero-order valence-corrected chi connectivity index (χ0v) is 13.5. The van der Waals surface area contributed by atoms with E-state index in [4.69, 9.17) is 0 Å². The average molecular weight is 315 g/mol. The molecule has 0 fully saturated rings.